The molecule has 3 rings (SSSR count). The van der Waals surface area contributed by atoms with Crippen LogP contribution in [0, 0.1) is 6.92 Å². The first kappa shape index (κ1) is 16.0. The van der Waals surface area contributed by atoms with Gasteiger partial charge in [-0.1, -0.05) is 30.3 Å². The molecule has 1 fully saturated rings. The first-order chi connectivity index (χ1) is 11.2. The van der Waals surface area contributed by atoms with Crippen LogP contribution in [0.3, 0.4) is 0 Å². The Hall–Kier alpha value is -1.91. The summed E-state index contributed by atoms with van der Waals surface area (Å²) >= 11 is 0. The molecule has 0 saturated carbocycles. The minimum Gasteiger partial charge on any atom is -0.506 e. The Balaban J connectivity index is 1.77. The fourth-order valence-electron chi connectivity index (χ4n) is 3.42. The molecule has 1 atom stereocenters. The van der Waals surface area contributed by atoms with E-state index < -0.39 is 0 Å². The fraction of sp³-hybridized carbons (Fsp3) is 0.421. The van der Waals surface area contributed by atoms with Gasteiger partial charge in [-0.25, -0.2) is 0 Å². The number of aromatic nitrogens is 1. The highest BCUT2D eigenvalue weighted by Gasteiger charge is 2.23. The van der Waals surface area contributed by atoms with Crippen LogP contribution < -0.4 is 0 Å². The minimum absolute atomic E-state index is 0.0911. The van der Waals surface area contributed by atoms with E-state index in [-0.39, 0.29) is 12.4 Å². The van der Waals surface area contributed by atoms with E-state index in [1.165, 1.54) is 12.0 Å². The summed E-state index contributed by atoms with van der Waals surface area (Å²) in [5.41, 5.74) is 3.53. The normalized spacial score (nSPS) is 19.0. The lowest BCUT2D eigenvalue weighted by molar-refractivity contribution is 0.195. The van der Waals surface area contributed by atoms with Crippen molar-refractivity contribution in [3.05, 3.63) is 58.9 Å². The summed E-state index contributed by atoms with van der Waals surface area (Å²) in [6.07, 6.45) is 4.02. The molecule has 1 aliphatic rings. The molecular formula is C19H24N2O2. The first-order valence-corrected chi connectivity index (χ1v) is 8.23. The van der Waals surface area contributed by atoms with E-state index in [1.807, 2.05) is 0 Å². The maximum absolute atomic E-state index is 10.3. The lowest BCUT2D eigenvalue weighted by atomic mass is 9.90. The summed E-state index contributed by atoms with van der Waals surface area (Å²) in [5.74, 6) is 0.756. The van der Waals surface area contributed by atoms with Crippen LogP contribution in [-0.4, -0.2) is 33.2 Å². The predicted octanol–water partition coefficient (Wildman–Crippen LogP) is 2.97. The van der Waals surface area contributed by atoms with Gasteiger partial charge in [-0.3, -0.25) is 9.88 Å². The maximum atomic E-state index is 10.3. The van der Waals surface area contributed by atoms with Gasteiger partial charge in [0.15, 0.2) is 0 Å². The molecule has 2 N–H and O–H groups in total. The summed E-state index contributed by atoms with van der Waals surface area (Å²) in [5, 5.41) is 19.8. The molecule has 1 saturated heterocycles. The quantitative estimate of drug-likeness (QED) is 0.911. The van der Waals surface area contributed by atoms with Crippen LogP contribution in [0.5, 0.6) is 5.75 Å². The lowest BCUT2D eigenvalue weighted by Crippen LogP contribution is -2.34. The highest BCUT2D eigenvalue weighted by molar-refractivity contribution is 5.40. The van der Waals surface area contributed by atoms with E-state index in [1.54, 1.807) is 13.1 Å². The van der Waals surface area contributed by atoms with Gasteiger partial charge in [0, 0.05) is 30.4 Å². The van der Waals surface area contributed by atoms with Gasteiger partial charge in [0.05, 0.1) is 12.3 Å². The SMILES string of the molecule is Cc1ncc(CO)c(CN2CCC[C@@H](c3ccccc3)C2)c1O. The fourth-order valence-corrected chi connectivity index (χ4v) is 3.42. The second-order valence-corrected chi connectivity index (χ2v) is 6.34. The monoisotopic (exact) mass is 312 g/mol. The summed E-state index contributed by atoms with van der Waals surface area (Å²) in [7, 11) is 0. The number of hydrogen-bond acceptors (Lipinski definition) is 4. The Bertz CT molecular complexity index is 658. The number of hydrogen-bond donors (Lipinski definition) is 2. The summed E-state index contributed by atoms with van der Waals surface area (Å²) in [6.45, 7) is 4.37. The second kappa shape index (κ2) is 7.11. The molecule has 4 heteroatoms. The number of aliphatic hydroxyl groups is 1. The molecule has 0 unspecified atom stereocenters. The Morgan fingerprint density at radius 3 is 2.78 bits per heavy atom. The van der Waals surface area contributed by atoms with Crippen molar-refractivity contribution >= 4 is 0 Å². The average Bonchev–Trinajstić information content (AvgIpc) is 2.60. The van der Waals surface area contributed by atoms with E-state index in [9.17, 15) is 10.2 Å². The standard InChI is InChI=1S/C19H24N2O2/c1-14-19(23)18(17(13-22)10-20-14)12-21-9-5-8-16(11-21)15-6-3-2-4-7-15/h2-4,6-7,10,16,22-23H,5,8-9,11-13H2,1H3/t16-/m1/s1. The predicted molar refractivity (Wildman–Crippen MR) is 90.3 cm³/mol. The Morgan fingerprint density at radius 1 is 1.26 bits per heavy atom. The van der Waals surface area contributed by atoms with Crippen molar-refractivity contribution in [3.63, 3.8) is 0 Å². The molecule has 0 aliphatic carbocycles. The van der Waals surface area contributed by atoms with Gasteiger partial charge < -0.3 is 10.2 Å². The van der Waals surface area contributed by atoms with Gasteiger partial charge in [-0.15, -0.1) is 0 Å². The number of rotatable bonds is 4. The highest BCUT2D eigenvalue weighted by atomic mass is 16.3. The minimum atomic E-state index is -0.0911. The van der Waals surface area contributed by atoms with Gasteiger partial charge in [-0.05, 0) is 37.8 Å². The number of aromatic hydroxyl groups is 1. The zero-order valence-corrected chi connectivity index (χ0v) is 13.6. The van der Waals surface area contributed by atoms with Crippen molar-refractivity contribution in [3.8, 4) is 5.75 Å². The van der Waals surface area contributed by atoms with Crippen LogP contribution in [0.15, 0.2) is 36.5 Å². The molecule has 0 bridgehead atoms. The van der Waals surface area contributed by atoms with Gasteiger partial charge in [0.2, 0.25) is 0 Å². The topological polar surface area (TPSA) is 56.6 Å². The molecular weight excluding hydrogens is 288 g/mol. The molecule has 4 nitrogen and oxygen atoms in total. The third-order valence-corrected chi connectivity index (χ3v) is 4.76. The number of nitrogens with zero attached hydrogens (tertiary/aromatic N) is 2. The number of benzene rings is 1. The van der Waals surface area contributed by atoms with Crippen molar-refractivity contribution in [1.29, 1.82) is 0 Å². The highest BCUT2D eigenvalue weighted by Crippen LogP contribution is 2.30. The molecule has 0 radical (unpaired) electrons. The molecule has 1 aromatic carbocycles. The van der Waals surface area contributed by atoms with Crippen LogP contribution in [0.1, 0.15) is 41.1 Å². The van der Waals surface area contributed by atoms with Gasteiger partial charge in [-0.2, -0.15) is 0 Å². The van der Waals surface area contributed by atoms with Crippen LogP contribution in [0.25, 0.3) is 0 Å². The average molecular weight is 312 g/mol. The Kier molecular flexibility index (Phi) is 4.94. The van der Waals surface area contributed by atoms with Gasteiger partial charge in [0.25, 0.3) is 0 Å². The van der Waals surface area contributed by atoms with Crippen molar-refractivity contribution < 1.29 is 10.2 Å². The molecule has 1 aliphatic heterocycles. The molecule has 2 aromatic rings. The summed E-state index contributed by atoms with van der Waals surface area (Å²) < 4.78 is 0. The summed E-state index contributed by atoms with van der Waals surface area (Å²) in [4.78, 5) is 6.51. The molecule has 1 aromatic heterocycles. The van der Waals surface area contributed by atoms with E-state index in [0.29, 0.717) is 18.2 Å². The van der Waals surface area contributed by atoms with Crippen LogP contribution in [-0.2, 0) is 13.2 Å². The number of piperidine rings is 1. The molecule has 23 heavy (non-hydrogen) atoms. The Morgan fingerprint density at radius 2 is 2.04 bits per heavy atom. The smallest absolute Gasteiger partial charge is 0.141 e. The maximum Gasteiger partial charge on any atom is 0.141 e. The van der Waals surface area contributed by atoms with Crippen molar-refractivity contribution in [1.82, 2.24) is 9.88 Å². The van der Waals surface area contributed by atoms with Crippen molar-refractivity contribution in [2.24, 2.45) is 0 Å². The van der Waals surface area contributed by atoms with E-state index in [4.69, 9.17) is 0 Å². The first-order valence-electron chi connectivity index (χ1n) is 8.23. The molecule has 0 amide bonds. The molecule has 0 spiro atoms. The third kappa shape index (κ3) is 3.54. The van der Waals surface area contributed by atoms with Crippen molar-refractivity contribution in [2.45, 2.75) is 38.8 Å². The van der Waals surface area contributed by atoms with E-state index in [2.05, 4.69) is 40.2 Å². The van der Waals surface area contributed by atoms with Crippen molar-refractivity contribution in [2.75, 3.05) is 13.1 Å². The van der Waals surface area contributed by atoms with Crippen LogP contribution >= 0.6 is 0 Å². The number of aryl methyl sites for hydroxylation is 1. The summed E-state index contributed by atoms with van der Waals surface area (Å²) in [6, 6.07) is 10.6. The largest absolute Gasteiger partial charge is 0.506 e. The molecule has 2 heterocycles. The lowest BCUT2D eigenvalue weighted by Gasteiger charge is -2.33. The zero-order chi connectivity index (χ0) is 16.2. The van der Waals surface area contributed by atoms with Crippen LogP contribution in [0.4, 0.5) is 0 Å². The van der Waals surface area contributed by atoms with E-state index in [0.717, 1.165) is 30.6 Å². The van der Waals surface area contributed by atoms with Gasteiger partial charge in [0.1, 0.15) is 5.75 Å². The van der Waals surface area contributed by atoms with Crippen LogP contribution in [0.2, 0.25) is 0 Å². The number of pyridine rings is 1. The van der Waals surface area contributed by atoms with E-state index >= 15 is 0 Å². The number of aliphatic hydroxyl groups excluding tert-OH is 1. The third-order valence-electron chi connectivity index (χ3n) is 4.76. The Labute approximate surface area is 137 Å². The van der Waals surface area contributed by atoms with Gasteiger partial charge >= 0.3 is 0 Å². The zero-order valence-electron chi connectivity index (χ0n) is 13.6. The number of likely N-dealkylation sites (tertiary alicyclic amines) is 1. The second-order valence-electron chi connectivity index (χ2n) is 6.34. The molecule has 122 valence electrons.